The van der Waals surface area contributed by atoms with E-state index in [1.807, 2.05) is 0 Å². The van der Waals surface area contributed by atoms with Crippen LogP contribution in [0.5, 0.6) is 0 Å². The molecule has 0 unspecified atom stereocenters. The molecule has 0 aromatic rings. The summed E-state index contributed by atoms with van der Waals surface area (Å²) in [4.78, 5) is 0. The maximum absolute atomic E-state index is 10.1. The van der Waals surface area contributed by atoms with Crippen molar-refractivity contribution in [2.45, 2.75) is 105 Å². The van der Waals surface area contributed by atoms with Gasteiger partial charge in [-0.25, -0.2) is 0 Å². The third-order valence-electron chi connectivity index (χ3n) is 0. The van der Waals surface area contributed by atoms with Crippen molar-refractivity contribution in [1.82, 2.24) is 0 Å². The molecule has 0 bridgehead atoms. The summed E-state index contributed by atoms with van der Waals surface area (Å²) >= 11 is 0. The Bertz CT molecular complexity index is 130. The molecule has 0 N–H and O–H groups in total. The van der Waals surface area contributed by atoms with Crippen LogP contribution >= 0.6 is 0 Å². The fourth-order valence-electron chi connectivity index (χ4n) is 0. The zero-order valence-corrected chi connectivity index (χ0v) is 19.3. The van der Waals surface area contributed by atoms with Gasteiger partial charge in [0.15, 0.2) is 0 Å². The molecule has 0 rings (SSSR count). The minimum Gasteiger partial charge on any atom is -0.850 e. The van der Waals surface area contributed by atoms with Crippen LogP contribution in [0.25, 0.3) is 0 Å². The molecule has 0 aromatic heterocycles. The fraction of sp³-hybridized carbons (Fsp3) is 1.00. The Morgan fingerprint density at radius 1 is 0.333 bits per heavy atom. The molecule has 5 heteroatoms. The van der Waals surface area contributed by atoms with E-state index in [2.05, 4.69) is 0 Å². The van der Waals surface area contributed by atoms with Crippen molar-refractivity contribution in [1.29, 1.82) is 0 Å². The second-order valence-electron chi connectivity index (χ2n) is 8.45. The van der Waals surface area contributed by atoms with Crippen molar-refractivity contribution in [3.8, 4) is 0 Å². The standard InChI is InChI=1S/4C4H9O.Zn/c4*1-4(2,3)5;/h4*1-3H3;/q4*-1;. The van der Waals surface area contributed by atoms with Crippen molar-refractivity contribution in [2.75, 3.05) is 0 Å². The van der Waals surface area contributed by atoms with Crippen LogP contribution in [0, 0.1) is 0 Å². The van der Waals surface area contributed by atoms with Crippen molar-refractivity contribution >= 4 is 0 Å². The van der Waals surface area contributed by atoms with Crippen LogP contribution in [0.15, 0.2) is 0 Å². The Kier molecular flexibility index (Phi) is 20.5. The second-order valence-corrected chi connectivity index (χ2v) is 8.45. The first-order chi connectivity index (χ1) is 8.00. The van der Waals surface area contributed by atoms with Crippen molar-refractivity contribution < 1.29 is 39.9 Å². The molecule has 0 fully saturated rings. The molecule has 0 saturated carbocycles. The van der Waals surface area contributed by atoms with Crippen LogP contribution in [0.2, 0.25) is 0 Å². The van der Waals surface area contributed by atoms with E-state index in [4.69, 9.17) is 0 Å². The van der Waals surface area contributed by atoms with Crippen LogP contribution in [0.3, 0.4) is 0 Å². The third kappa shape index (κ3) is 32500. The number of rotatable bonds is 0. The monoisotopic (exact) mass is 356 g/mol. The molecule has 0 aliphatic rings. The molecule has 0 amide bonds. The fourth-order valence-corrected chi connectivity index (χ4v) is 0. The van der Waals surface area contributed by atoms with Gasteiger partial charge in [-0.1, -0.05) is 83.1 Å². The molecule has 0 atom stereocenters. The Morgan fingerprint density at radius 3 is 0.333 bits per heavy atom. The van der Waals surface area contributed by atoms with Crippen LogP contribution in [0.1, 0.15) is 83.1 Å². The maximum Gasteiger partial charge on any atom is 0 e. The largest absolute Gasteiger partial charge is 0.850 e. The summed E-state index contributed by atoms with van der Waals surface area (Å²) in [5, 5.41) is 40.4. The first-order valence-electron chi connectivity index (χ1n) is 6.82. The van der Waals surface area contributed by atoms with Gasteiger partial charge >= 0.3 is 0 Å². The van der Waals surface area contributed by atoms with Crippen molar-refractivity contribution in [3.05, 3.63) is 0 Å². The van der Waals surface area contributed by atoms with Gasteiger partial charge in [-0.15, -0.1) is 22.4 Å². The van der Waals surface area contributed by atoms with Gasteiger partial charge < -0.3 is 20.4 Å². The van der Waals surface area contributed by atoms with Crippen LogP contribution < -0.4 is 20.4 Å². The van der Waals surface area contributed by atoms with Crippen LogP contribution in [-0.2, 0) is 19.5 Å². The number of hydrogen-bond donors (Lipinski definition) is 0. The van der Waals surface area contributed by atoms with Gasteiger partial charge in [0, 0.05) is 19.5 Å². The molecule has 0 aliphatic heterocycles. The molecular weight excluding hydrogens is 322 g/mol. The van der Waals surface area contributed by atoms with Crippen molar-refractivity contribution in [2.24, 2.45) is 0 Å². The van der Waals surface area contributed by atoms with Gasteiger partial charge in [0.1, 0.15) is 0 Å². The van der Waals surface area contributed by atoms with Crippen molar-refractivity contribution in [3.63, 3.8) is 0 Å². The molecular formula is C16H36O4Zn-4. The summed E-state index contributed by atoms with van der Waals surface area (Å²) < 4.78 is 0. The molecule has 0 spiro atoms. The van der Waals surface area contributed by atoms with Crippen LogP contribution in [-0.4, -0.2) is 22.4 Å². The number of hydrogen-bond acceptors (Lipinski definition) is 4. The smallest absolute Gasteiger partial charge is 0 e. The molecule has 4 nitrogen and oxygen atoms in total. The quantitative estimate of drug-likeness (QED) is 0.593. The molecule has 0 radical (unpaired) electrons. The van der Waals surface area contributed by atoms with E-state index in [1.165, 1.54) is 0 Å². The zero-order valence-electron chi connectivity index (χ0n) is 16.3. The summed E-state index contributed by atoms with van der Waals surface area (Å²) in [6, 6.07) is 0. The van der Waals surface area contributed by atoms with E-state index in [0.29, 0.717) is 0 Å². The SMILES string of the molecule is CC(C)(C)[O-].CC(C)(C)[O-].CC(C)(C)[O-].CC(C)(C)[O-].[Zn]. The third-order valence-corrected chi connectivity index (χ3v) is 0. The minimum atomic E-state index is -0.750. The van der Waals surface area contributed by atoms with E-state index in [0.717, 1.165) is 0 Å². The Hall–Kier alpha value is 0.463. The molecule has 0 saturated heterocycles. The second kappa shape index (κ2) is 13.0. The topological polar surface area (TPSA) is 92.2 Å². The summed E-state index contributed by atoms with van der Waals surface area (Å²) in [6.45, 7) is 19.6. The summed E-state index contributed by atoms with van der Waals surface area (Å²) in [7, 11) is 0. The summed E-state index contributed by atoms with van der Waals surface area (Å²) in [5.74, 6) is 0. The summed E-state index contributed by atoms with van der Waals surface area (Å²) in [6.07, 6.45) is 0. The first kappa shape index (κ1) is 33.2. The molecule has 130 valence electrons. The molecule has 0 heterocycles. The predicted octanol–water partition coefficient (Wildman–Crippen LogP) is 0.578. The minimum absolute atomic E-state index is 0. The van der Waals surface area contributed by atoms with Gasteiger partial charge in [0.2, 0.25) is 0 Å². The first-order valence-corrected chi connectivity index (χ1v) is 6.82. The summed E-state index contributed by atoms with van der Waals surface area (Å²) in [5.41, 5.74) is -3.00. The Balaban J connectivity index is -0.0000000533. The zero-order chi connectivity index (χ0) is 18.0. The van der Waals surface area contributed by atoms with E-state index >= 15 is 0 Å². The average molecular weight is 358 g/mol. The van der Waals surface area contributed by atoms with Gasteiger partial charge in [0.05, 0.1) is 0 Å². The molecule has 0 aromatic carbocycles. The molecule has 0 aliphatic carbocycles. The van der Waals surface area contributed by atoms with Gasteiger partial charge in [-0.3, -0.25) is 0 Å². The van der Waals surface area contributed by atoms with E-state index in [1.54, 1.807) is 83.1 Å². The van der Waals surface area contributed by atoms with E-state index < -0.39 is 22.4 Å². The van der Waals surface area contributed by atoms with Gasteiger partial charge in [-0.2, -0.15) is 0 Å². The van der Waals surface area contributed by atoms with Gasteiger partial charge in [-0.05, 0) is 0 Å². The average Bonchev–Trinajstić information content (AvgIpc) is 1.62. The van der Waals surface area contributed by atoms with E-state index in [9.17, 15) is 20.4 Å². The van der Waals surface area contributed by atoms with E-state index in [-0.39, 0.29) is 19.5 Å². The molecule has 21 heavy (non-hydrogen) atoms. The maximum atomic E-state index is 10.1. The Labute approximate surface area is 145 Å². The Morgan fingerprint density at radius 2 is 0.333 bits per heavy atom. The normalized spacial score (nSPS) is 11.4. The van der Waals surface area contributed by atoms with Crippen LogP contribution in [0.4, 0.5) is 0 Å². The predicted molar refractivity (Wildman–Crippen MR) is 79.0 cm³/mol. The van der Waals surface area contributed by atoms with Gasteiger partial charge in [0.25, 0.3) is 0 Å².